The maximum absolute atomic E-state index is 12.4. The predicted octanol–water partition coefficient (Wildman–Crippen LogP) is 7.10. The number of hydrogen-bond donors (Lipinski definition) is 1. The molecule has 0 aliphatic carbocycles. The highest BCUT2D eigenvalue weighted by molar-refractivity contribution is 7.80. The zero-order valence-electron chi connectivity index (χ0n) is 23.2. The third kappa shape index (κ3) is 7.31. The first-order chi connectivity index (χ1) is 20.5. The van der Waals surface area contributed by atoms with Gasteiger partial charge in [-0.1, -0.05) is 35.9 Å². The topological polar surface area (TPSA) is 96.0 Å². The number of carbonyl (C=O) groups is 1. The first-order valence-corrected chi connectivity index (χ1v) is 14.4. The Morgan fingerprint density at radius 2 is 1.62 bits per heavy atom. The number of nitrogens with zero attached hydrogens (tertiary/aromatic N) is 1. The molecule has 5 rings (SSSR count). The van der Waals surface area contributed by atoms with E-state index in [2.05, 4.69) is 10.3 Å². The molecular weight excluding hydrogens is 552 g/mol. The predicted molar refractivity (Wildman–Crippen MR) is 163 cm³/mol. The maximum Gasteiger partial charge on any atom is 0.255 e. The third-order valence-electron chi connectivity index (χ3n) is 6.31. The number of rotatable bonds is 12. The molecule has 9 heteroatoms. The van der Waals surface area contributed by atoms with Crippen LogP contribution in [0.5, 0.6) is 23.0 Å². The minimum Gasteiger partial charge on any atom is -0.493 e. The van der Waals surface area contributed by atoms with Crippen LogP contribution in [0.25, 0.3) is 10.9 Å². The Morgan fingerprint density at radius 3 is 2.36 bits per heavy atom. The number of carbonyl (C=O) groups excluding carboxylic acids is 1. The van der Waals surface area contributed by atoms with E-state index in [1.807, 2.05) is 43.3 Å². The van der Waals surface area contributed by atoms with Gasteiger partial charge in [-0.3, -0.25) is 14.0 Å². The smallest absolute Gasteiger partial charge is 0.255 e. The maximum atomic E-state index is 12.4. The van der Waals surface area contributed by atoms with E-state index in [0.717, 1.165) is 10.9 Å². The van der Waals surface area contributed by atoms with Crippen molar-refractivity contribution in [1.82, 2.24) is 4.98 Å². The fourth-order valence-corrected chi connectivity index (χ4v) is 4.87. The van der Waals surface area contributed by atoms with Gasteiger partial charge in [-0.05, 0) is 67.6 Å². The number of pyridine rings is 1. The van der Waals surface area contributed by atoms with Crippen LogP contribution in [0.1, 0.15) is 22.3 Å². The van der Waals surface area contributed by atoms with E-state index in [1.165, 1.54) is 0 Å². The van der Waals surface area contributed by atoms with Crippen molar-refractivity contribution in [1.29, 1.82) is 0 Å². The van der Waals surface area contributed by atoms with Crippen molar-refractivity contribution in [2.75, 3.05) is 25.6 Å². The zero-order chi connectivity index (χ0) is 29.3. The molecule has 0 spiro atoms. The van der Waals surface area contributed by atoms with E-state index in [1.54, 1.807) is 74.0 Å². The molecule has 4 aromatic carbocycles. The molecule has 0 radical (unpaired) electrons. The molecule has 1 atom stereocenters. The lowest BCUT2D eigenvalue weighted by Gasteiger charge is -2.14. The largest absolute Gasteiger partial charge is 0.493 e. The van der Waals surface area contributed by atoms with Gasteiger partial charge < -0.3 is 19.5 Å². The molecule has 0 fully saturated rings. The third-order valence-corrected chi connectivity index (χ3v) is 7.35. The quantitative estimate of drug-likeness (QED) is 0.157. The molecule has 0 bridgehead atoms. The van der Waals surface area contributed by atoms with Crippen LogP contribution in [0.4, 0.5) is 5.69 Å². The zero-order valence-corrected chi connectivity index (χ0v) is 24.1. The number of benzene rings is 4. The van der Waals surface area contributed by atoms with Crippen LogP contribution in [-0.4, -0.2) is 35.4 Å². The summed E-state index contributed by atoms with van der Waals surface area (Å²) in [7, 11) is 1.57. The molecule has 0 aliphatic heterocycles. The molecule has 1 aromatic heterocycles. The summed E-state index contributed by atoms with van der Waals surface area (Å²) < 4.78 is 35.5. The molecule has 0 saturated heterocycles. The Morgan fingerprint density at radius 1 is 0.857 bits per heavy atom. The van der Waals surface area contributed by atoms with Crippen molar-refractivity contribution in [2.45, 2.75) is 18.2 Å². The van der Waals surface area contributed by atoms with Crippen LogP contribution in [0.2, 0.25) is 0 Å². The van der Waals surface area contributed by atoms with Crippen molar-refractivity contribution in [3.8, 4) is 23.0 Å². The molecule has 0 saturated carbocycles. The molecule has 8 nitrogen and oxygen atoms in total. The Balaban J connectivity index is 1.20. The number of fused-ring (bicyclic) bond motifs is 1. The summed E-state index contributed by atoms with van der Waals surface area (Å²) in [4.78, 5) is 17.5. The average Bonchev–Trinajstić information content (AvgIpc) is 3.02. The van der Waals surface area contributed by atoms with Gasteiger partial charge in [0, 0.05) is 35.3 Å². The number of anilines is 1. The lowest BCUT2D eigenvalue weighted by Crippen LogP contribution is -2.11. The second-order valence-electron chi connectivity index (χ2n) is 9.35. The Hall–Kier alpha value is -4.73. The SMILES string of the molecule is COc1cc2c(Oc3ccc(NC(=O)c4ccccc4)cc3)ccnc2cc1OCCCOS(=O)c1ccc(C)cc1. The highest BCUT2D eigenvalue weighted by Gasteiger charge is 2.13. The van der Waals surface area contributed by atoms with E-state index in [0.29, 0.717) is 57.7 Å². The van der Waals surface area contributed by atoms with Crippen molar-refractivity contribution in [3.63, 3.8) is 0 Å². The van der Waals surface area contributed by atoms with E-state index >= 15 is 0 Å². The van der Waals surface area contributed by atoms with Crippen molar-refractivity contribution >= 4 is 33.6 Å². The lowest BCUT2D eigenvalue weighted by molar-refractivity contribution is 0.102. The van der Waals surface area contributed by atoms with Gasteiger partial charge in [0.15, 0.2) is 22.6 Å². The minimum atomic E-state index is -1.52. The van der Waals surface area contributed by atoms with E-state index in [-0.39, 0.29) is 12.5 Å². The molecular formula is C33H30N2O6S. The molecule has 1 unspecified atom stereocenters. The van der Waals surface area contributed by atoms with Crippen molar-refractivity contribution in [3.05, 3.63) is 114 Å². The van der Waals surface area contributed by atoms with E-state index in [9.17, 15) is 9.00 Å². The summed E-state index contributed by atoms with van der Waals surface area (Å²) >= 11 is -1.52. The van der Waals surface area contributed by atoms with Crippen LogP contribution < -0.4 is 19.5 Å². The first-order valence-electron chi connectivity index (χ1n) is 13.4. The average molecular weight is 583 g/mol. The molecule has 214 valence electrons. The highest BCUT2D eigenvalue weighted by atomic mass is 32.2. The normalized spacial score (nSPS) is 11.6. The second kappa shape index (κ2) is 13.8. The van der Waals surface area contributed by atoms with Crippen LogP contribution in [0.3, 0.4) is 0 Å². The van der Waals surface area contributed by atoms with Gasteiger partial charge in [-0.25, -0.2) is 4.21 Å². The van der Waals surface area contributed by atoms with Gasteiger partial charge in [0.25, 0.3) is 5.91 Å². The number of methoxy groups -OCH3 is 1. The lowest BCUT2D eigenvalue weighted by atomic mass is 10.1. The Labute approximate surface area is 246 Å². The molecule has 42 heavy (non-hydrogen) atoms. The molecule has 0 aliphatic rings. The van der Waals surface area contributed by atoms with Gasteiger partial charge in [-0.15, -0.1) is 0 Å². The number of nitrogens with one attached hydrogen (secondary N) is 1. The number of aryl methyl sites for hydroxylation is 1. The second-order valence-corrected chi connectivity index (χ2v) is 10.5. The number of aromatic nitrogens is 1. The first kappa shape index (κ1) is 28.8. The minimum absolute atomic E-state index is 0.181. The van der Waals surface area contributed by atoms with Gasteiger partial charge in [-0.2, -0.15) is 0 Å². The van der Waals surface area contributed by atoms with Crippen molar-refractivity contribution < 1.29 is 27.4 Å². The fraction of sp³-hybridized carbons (Fsp3) is 0.152. The van der Waals surface area contributed by atoms with Crippen LogP contribution in [-0.2, 0) is 15.3 Å². The van der Waals surface area contributed by atoms with Crippen LogP contribution in [0.15, 0.2) is 108 Å². The molecule has 1 heterocycles. The summed E-state index contributed by atoms with van der Waals surface area (Å²) in [6, 6.07) is 29.0. The van der Waals surface area contributed by atoms with Gasteiger partial charge in [0.05, 0.1) is 30.7 Å². The summed E-state index contributed by atoms with van der Waals surface area (Å²) in [5.41, 5.74) is 3.01. The number of hydrogen-bond acceptors (Lipinski definition) is 7. The standard InChI is InChI=1S/C33H30N2O6S/c1-23-9-15-27(16-10-23)42(37)40-20-6-19-39-32-22-29-28(21-31(32)38-2)30(17-18-34-29)41-26-13-11-25(12-14-26)35-33(36)24-7-4-3-5-8-24/h3-5,7-18,21-22H,6,19-20H2,1-2H3,(H,35,36). The van der Waals surface area contributed by atoms with Gasteiger partial charge in [0.1, 0.15) is 11.5 Å². The molecule has 1 N–H and O–H groups in total. The van der Waals surface area contributed by atoms with Gasteiger partial charge >= 0.3 is 0 Å². The highest BCUT2D eigenvalue weighted by Crippen LogP contribution is 2.37. The van der Waals surface area contributed by atoms with Crippen molar-refractivity contribution in [2.24, 2.45) is 0 Å². The molecule has 1 amide bonds. The monoisotopic (exact) mass is 582 g/mol. The summed E-state index contributed by atoms with van der Waals surface area (Å²) in [5.74, 6) is 2.08. The number of amides is 1. The van der Waals surface area contributed by atoms with Crippen LogP contribution >= 0.6 is 0 Å². The van der Waals surface area contributed by atoms with E-state index in [4.69, 9.17) is 18.4 Å². The summed E-state index contributed by atoms with van der Waals surface area (Å²) in [6.45, 7) is 2.60. The fourth-order valence-electron chi connectivity index (χ4n) is 4.11. The molecule has 5 aromatic rings. The summed E-state index contributed by atoms with van der Waals surface area (Å²) in [5, 5.41) is 3.63. The van der Waals surface area contributed by atoms with Crippen LogP contribution in [0, 0.1) is 6.92 Å². The number of ether oxygens (including phenoxy) is 3. The Kier molecular flexibility index (Phi) is 9.43. The Bertz CT molecular complexity index is 1680. The van der Waals surface area contributed by atoms with E-state index < -0.39 is 11.1 Å². The summed E-state index contributed by atoms with van der Waals surface area (Å²) in [6.07, 6.45) is 2.20. The van der Waals surface area contributed by atoms with Gasteiger partial charge in [0.2, 0.25) is 0 Å².